The van der Waals surface area contributed by atoms with Crippen LogP contribution in [0.3, 0.4) is 0 Å². The monoisotopic (exact) mass is 484 g/mol. The van der Waals surface area contributed by atoms with Crippen molar-refractivity contribution in [1.82, 2.24) is 9.55 Å². The van der Waals surface area contributed by atoms with E-state index in [1.807, 2.05) is 41.9 Å². The average molecular weight is 485 g/mol. The van der Waals surface area contributed by atoms with Crippen LogP contribution >= 0.6 is 23.2 Å². The molecule has 0 saturated heterocycles. The molecule has 0 saturated carbocycles. The van der Waals surface area contributed by atoms with E-state index in [1.54, 1.807) is 14.0 Å². The SMILES string of the molecule is CCC(=O)Nc1ccc2c(c1)c1c(CC(=O)Nc3c(Cl)cncc3Cl)ccc(OC)c1n2C. The lowest BCUT2D eigenvalue weighted by Crippen LogP contribution is -2.15. The fourth-order valence-electron chi connectivity index (χ4n) is 3.92. The van der Waals surface area contributed by atoms with E-state index in [-0.39, 0.29) is 28.3 Å². The van der Waals surface area contributed by atoms with Crippen molar-refractivity contribution in [2.24, 2.45) is 7.05 Å². The van der Waals surface area contributed by atoms with Gasteiger partial charge in [0.2, 0.25) is 11.8 Å². The summed E-state index contributed by atoms with van der Waals surface area (Å²) in [5.74, 6) is 0.342. The first-order chi connectivity index (χ1) is 15.8. The number of ether oxygens (including phenoxy) is 1. The lowest BCUT2D eigenvalue weighted by molar-refractivity contribution is -0.116. The molecule has 0 aliphatic carbocycles. The van der Waals surface area contributed by atoms with Crippen LogP contribution in [0.15, 0.2) is 42.7 Å². The van der Waals surface area contributed by atoms with Crippen molar-refractivity contribution in [3.63, 3.8) is 0 Å². The number of hydrogen-bond acceptors (Lipinski definition) is 4. The average Bonchev–Trinajstić information content (AvgIpc) is 3.09. The Morgan fingerprint density at radius 2 is 1.79 bits per heavy atom. The van der Waals surface area contributed by atoms with Crippen LogP contribution < -0.4 is 15.4 Å². The van der Waals surface area contributed by atoms with Gasteiger partial charge in [0, 0.05) is 47.8 Å². The Bertz CT molecular complexity index is 1380. The number of carbonyl (C=O) groups excluding carboxylic acids is 2. The first kappa shape index (κ1) is 22.9. The van der Waals surface area contributed by atoms with E-state index in [4.69, 9.17) is 27.9 Å². The largest absolute Gasteiger partial charge is 0.495 e. The lowest BCUT2D eigenvalue weighted by Gasteiger charge is -2.11. The van der Waals surface area contributed by atoms with Gasteiger partial charge in [0.05, 0.1) is 34.8 Å². The van der Waals surface area contributed by atoms with Crippen LogP contribution in [0.5, 0.6) is 5.75 Å². The summed E-state index contributed by atoms with van der Waals surface area (Å²) >= 11 is 12.3. The van der Waals surface area contributed by atoms with Gasteiger partial charge >= 0.3 is 0 Å². The normalized spacial score (nSPS) is 11.1. The molecule has 2 amide bonds. The third-order valence-corrected chi connectivity index (χ3v) is 6.06. The van der Waals surface area contributed by atoms with E-state index in [0.717, 1.165) is 27.4 Å². The van der Waals surface area contributed by atoms with Gasteiger partial charge in [-0.3, -0.25) is 14.6 Å². The van der Waals surface area contributed by atoms with Gasteiger partial charge in [0.15, 0.2) is 0 Å². The van der Waals surface area contributed by atoms with Crippen molar-refractivity contribution >= 4 is 68.2 Å². The van der Waals surface area contributed by atoms with Gasteiger partial charge in [-0.15, -0.1) is 0 Å². The Balaban J connectivity index is 1.81. The Labute approximate surface area is 200 Å². The van der Waals surface area contributed by atoms with Crippen molar-refractivity contribution in [2.75, 3.05) is 17.7 Å². The van der Waals surface area contributed by atoms with E-state index in [1.165, 1.54) is 12.4 Å². The maximum atomic E-state index is 12.9. The molecule has 2 aromatic carbocycles. The minimum Gasteiger partial charge on any atom is -0.495 e. The minimum atomic E-state index is -0.274. The number of anilines is 2. The molecule has 0 aliphatic rings. The Morgan fingerprint density at radius 3 is 2.45 bits per heavy atom. The molecular formula is C24H22Cl2N4O3. The number of aromatic nitrogens is 2. The van der Waals surface area contributed by atoms with E-state index in [9.17, 15) is 9.59 Å². The summed E-state index contributed by atoms with van der Waals surface area (Å²) in [5.41, 5.74) is 3.62. The molecule has 4 rings (SSSR count). The van der Waals surface area contributed by atoms with Crippen LogP contribution in [0.4, 0.5) is 11.4 Å². The van der Waals surface area contributed by atoms with Crippen molar-refractivity contribution in [2.45, 2.75) is 19.8 Å². The second-order valence-electron chi connectivity index (χ2n) is 7.55. The van der Waals surface area contributed by atoms with Crippen molar-refractivity contribution < 1.29 is 14.3 Å². The first-order valence-corrected chi connectivity index (χ1v) is 11.1. The Morgan fingerprint density at radius 1 is 1.06 bits per heavy atom. The number of aryl methyl sites for hydroxylation is 1. The molecule has 33 heavy (non-hydrogen) atoms. The van der Waals surface area contributed by atoms with E-state index in [0.29, 0.717) is 23.5 Å². The fourth-order valence-corrected chi connectivity index (χ4v) is 4.38. The number of nitrogens with zero attached hydrogens (tertiary/aromatic N) is 2. The molecule has 2 heterocycles. The minimum absolute atomic E-state index is 0.0714. The highest BCUT2D eigenvalue weighted by molar-refractivity contribution is 6.39. The molecule has 0 atom stereocenters. The molecule has 9 heteroatoms. The molecule has 4 aromatic rings. The van der Waals surface area contributed by atoms with Gasteiger partial charge in [0.1, 0.15) is 5.75 Å². The van der Waals surface area contributed by atoms with Crippen LogP contribution in [0.2, 0.25) is 10.0 Å². The highest BCUT2D eigenvalue weighted by Gasteiger charge is 2.19. The van der Waals surface area contributed by atoms with E-state index < -0.39 is 0 Å². The number of carbonyl (C=O) groups is 2. The summed E-state index contributed by atoms with van der Waals surface area (Å²) in [7, 11) is 3.55. The number of amides is 2. The predicted molar refractivity (Wildman–Crippen MR) is 132 cm³/mol. The number of methoxy groups -OCH3 is 1. The van der Waals surface area contributed by atoms with Crippen LogP contribution in [0.25, 0.3) is 21.8 Å². The molecule has 7 nitrogen and oxygen atoms in total. The van der Waals surface area contributed by atoms with Gasteiger partial charge in [-0.2, -0.15) is 0 Å². The topological polar surface area (TPSA) is 85.2 Å². The zero-order chi connectivity index (χ0) is 23.7. The lowest BCUT2D eigenvalue weighted by atomic mass is 10.0. The molecule has 170 valence electrons. The predicted octanol–water partition coefficient (Wildman–Crippen LogP) is 5.57. The summed E-state index contributed by atoms with van der Waals surface area (Å²) in [6, 6.07) is 9.44. The number of pyridine rings is 1. The zero-order valence-electron chi connectivity index (χ0n) is 18.3. The summed E-state index contributed by atoms with van der Waals surface area (Å²) < 4.78 is 7.62. The second kappa shape index (κ2) is 9.29. The van der Waals surface area contributed by atoms with Gasteiger partial charge < -0.3 is 19.9 Å². The number of hydrogen-bond donors (Lipinski definition) is 2. The van der Waals surface area contributed by atoms with Crippen LogP contribution in [-0.2, 0) is 23.1 Å². The summed E-state index contributed by atoms with van der Waals surface area (Å²) in [4.78, 5) is 28.8. The standard InChI is InChI=1S/C24H22Cl2N4O3/c1-4-20(31)28-14-6-7-18-15(10-14)22-13(5-8-19(33-3)24(22)30(18)2)9-21(32)29-23-16(25)11-27-12-17(23)26/h5-8,10-12H,4,9H2,1-3H3,(H,28,31)(H,27,29,32). The van der Waals surface area contributed by atoms with Crippen LogP contribution in [0.1, 0.15) is 18.9 Å². The molecule has 0 aliphatic heterocycles. The van der Waals surface area contributed by atoms with Gasteiger partial charge in [-0.05, 0) is 29.8 Å². The Hall–Kier alpha value is -3.29. The van der Waals surface area contributed by atoms with Crippen LogP contribution in [0, 0.1) is 0 Å². The smallest absolute Gasteiger partial charge is 0.228 e. The number of halogens is 2. The second-order valence-corrected chi connectivity index (χ2v) is 8.36. The van der Waals surface area contributed by atoms with Gasteiger partial charge in [-0.1, -0.05) is 36.2 Å². The van der Waals surface area contributed by atoms with Crippen LogP contribution in [-0.4, -0.2) is 28.5 Å². The third-order valence-electron chi connectivity index (χ3n) is 5.48. The summed E-state index contributed by atoms with van der Waals surface area (Å²) in [5, 5.41) is 7.98. The maximum Gasteiger partial charge on any atom is 0.228 e. The zero-order valence-corrected chi connectivity index (χ0v) is 19.8. The molecule has 2 N–H and O–H groups in total. The highest BCUT2D eigenvalue weighted by Crippen LogP contribution is 2.38. The third kappa shape index (κ3) is 4.34. The van der Waals surface area contributed by atoms with Crippen molar-refractivity contribution in [1.29, 1.82) is 0 Å². The van der Waals surface area contributed by atoms with E-state index in [2.05, 4.69) is 15.6 Å². The molecule has 0 spiro atoms. The number of fused-ring (bicyclic) bond motifs is 3. The summed E-state index contributed by atoms with van der Waals surface area (Å²) in [6.45, 7) is 1.80. The molecule has 0 fully saturated rings. The molecule has 2 aromatic heterocycles. The first-order valence-electron chi connectivity index (χ1n) is 10.3. The van der Waals surface area contributed by atoms with E-state index >= 15 is 0 Å². The molecule has 0 radical (unpaired) electrons. The number of nitrogens with one attached hydrogen (secondary N) is 2. The molecule has 0 unspecified atom stereocenters. The van der Waals surface area contributed by atoms with Crippen molar-refractivity contribution in [3.8, 4) is 5.75 Å². The quantitative estimate of drug-likeness (QED) is 0.374. The summed E-state index contributed by atoms with van der Waals surface area (Å²) in [6.07, 6.45) is 3.31. The fraction of sp³-hybridized carbons (Fsp3) is 0.208. The van der Waals surface area contributed by atoms with Gasteiger partial charge in [-0.25, -0.2) is 0 Å². The maximum absolute atomic E-state index is 12.9. The number of benzene rings is 2. The highest BCUT2D eigenvalue weighted by atomic mass is 35.5. The van der Waals surface area contributed by atoms with Gasteiger partial charge in [0.25, 0.3) is 0 Å². The number of rotatable bonds is 6. The molecule has 0 bridgehead atoms. The molecular weight excluding hydrogens is 463 g/mol. The Kier molecular flexibility index (Phi) is 6.44. The van der Waals surface area contributed by atoms with Crippen molar-refractivity contribution in [3.05, 3.63) is 58.3 Å².